The largest absolute Gasteiger partial charge is 0.497 e. The van der Waals surface area contributed by atoms with Crippen LogP contribution in [0.4, 0.5) is 0 Å². The number of hydrogen-bond acceptors (Lipinski definition) is 5. The summed E-state index contributed by atoms with van der Waals surface area (Å²) in [6.45, 7) is 9.78. The Labute approximate surface area is 158 Å². The number of nitrogens with zero attached hydrogens (tertiary/aromatic N) is 2. The van der Waals surface area contributed by atoms with E-state index in [4.69, 9.17) is 14.2 Å². The lowest BCUT2D eigenvalue weighted by Crippen LogP contribution is -2.45. The summed E-state index contributed by atoms with van der Waals surface area (Å²) in [5.74, 6) is 0.903. The van der Waals surface area contributed by atoms with Crippen molar-refractivity contribution in [1.29, 1.82) is 0 Å². The van der Waals surface area contributed by atoms with Crippen molar-refractivity contribution in [3.63, 3.8) is 0 Å². The molecular formula is C21H34N2O3. The third-order valence-corrected chi connectivity index (χ3v) is 5.71. The monoisotopic (exact) mass is 362 g/mol. The molecule has 0 bridgehead atoms. The molecule has 2 heterocycles. The maximum Gasteiger partial charge on any atom is 0.118 e. The Morgan fingerprint density at radius 2 is 2.08 bits per heavy atom. The smallest absolute Gasteiger partial charge is 0.118 e. The highest BCUT2D eigenvalue weighted by molar-refractivity contribution is 5.27. The predicted octanol–water partition coefficient (Wildman–Crippen LogP) is 2.79. The molecule has 0 aromatic heterocycles. The van der Waals surface area contributed by atoms with Crippen LogP contribution in [-0.4, -0.2) is 74.6 Å². The first kappa shape index (κ1) is 19.6. The second-order valence-electron chi connectivity index (χ2n) is 8.11. The van der Waals surface area contributed by atoms with E-state index in [1.165, 1.54) is 5.56 Å². The molecule has 1 spiro atoms. The quantitative estimate of drug-likeness (QED) is 0.777. The standard InChI is InChI=1S/C21H34N2O3/c1-17(2)22(3)14-20-9-10-21(26-20)15-23(11-12-25-16-21)13-18-5-7-19(24-4)8-6-18/h5-8,17,20H,9-16H2,1-4H3/t20-,21-/m1/s1. The Kier molecular flexibility index (Phi) is 6.56. The Morgan fingerprint density at radius 1 is 1.31 bits per heavy atom. The van der Waals surface area contributed by atoms with Gasteiger partial charge in [-0.3, -0.25) is 4.90 Å². The Balaban J connectivity index is 1.60. The molecule has 2 fully saturated rings. The second-order valence-corrected chi connectivity index (χ2v) is 8.11. The zero-order valence-corrected chi connectivity index (χ0v) is 16.7. The minimum Gasteiger partial charge on any atom is -0.497 e. The molecule has 2 saturated heterocycles. The number of benzene rings is 1. The van der Waals surface area contributed by atoms with Crippen molar-refractivity contribution in [1.82, 2.24) is 9.80 Å². The van der Waals surface area contributed by atoms with Crippen molar-refractivity contribution in [2.45, 2.75) is 51.0 Å². The highest BCUT2D eigenvalue weighted by Gasteiger charge is 2.43. The number of ether oxygens (including phenoxy) is 3. The van der Waals surface area contributed by atoms with Gasteiger partial charge in [0, 0.05) is 32.2 Å². The van der Waals surface area contributed by atoms with Gasteiger partial charge < -0.3 is 19.1 Å². The summed E-state index contributed by atoms with van der Waals surface area (Å²) in [5.41, 5.74) is 1.16. The van der Waals surface area contributed by atoms with Gasteiger partial charge in [-0.1, -0.05) is 12.1 Å². The molecule has 2 aliphatic heterocycles. The van der Waals surface area contributed by atoms with Crippen molar-refractivity contribution < 1.29 is 14.2 Å². The lowest BCUT2D eigenvalue weighted by Gasteiger charge is -2.33. The van der Waals surface area contributed by atoms with Gasteiger partial charge in [-0.15, -0.1) is 0 Å². The first-order valence-electron chi connectivity index (χ1n) is 9.81. The van der Waals surface area contributed by atoms with E-state index in [0.29, 0.717) is 18.8 Å². The SMILES string of the molecule is COc1ccc(CN2CCOC[C@@]3(CC[C@H](CN(C)C(C)C)O3)C2)cc1. The van der Waals surface area contributed by atoms with Crippen molar-refractivity contribution >= 4 is 0 Å². The van der Waals surface area contributed by atoms with Crippen LogP contribution in [-0.2, 0) is 16.0 Å². The van der Waals surface area contributed by atoms with Crippen molar-refractivity contribution in [3.05, 3.63) is 29.8 Å². The van der Waals surface area contributed by atoms with E-state index in [-0.39, 0.29) is 5.60 Å². The molecule has 26 heavy (non-hydrogen) atoms. The van der Waals surface area contributed by atoms with Crippen molar-refractivity contribution in [2.75, 3.05) is 47.0 Å². The number of rotatable bonds is 6. The molecule has 0 radical (unpaired) electrons. The first-order chi connectivity index (χ1) is 12.5. The zero-order valence-electron chi connectivity index (χ0n) is 16.7. The third-order valence-electron chi connectivity index (χ3n) is 5.71. The number of methoxy groups -OCH3 is 1. The van der Waals surface area contributed by atoms with E-state index >= 15 is 0 Å². The number of hydrogen-bond donors (Lipinski definition) is 0. The topological polar surface area (TPSA) is 34.2 Å². The Bertz CT molecular complexity index is 563. The van der Waals surface area contributed by atoms with Crippen LogP contribution in [0.5, 0.6) is 5.75 Å². The second kappa shape index (κ2) is 8.70. The maximum absolute atomic E-state index is 6.57. The van der Waals surface area contributed by atoms with Gasteiger partial charge in [0.2, 0.25) is 0 Å². The van der Waals surface area contributed by atoms with Crippen LogP contribution in [0.25, 0.3) is 0 Å². The highest BCUT2D eigenvalue weighted by Crippen LogP contribution is 2.34. The van der Waals surface area contributed by atoms with Gasteiger partial charge >= 0.3 is 0 Å². The van der Waals surface area contributed by atoms with Crippen LogP contribution in [0, 0.1) is 0 Å². The molecule has 5 nitrogen and oxygen atoms in total. The molecule has 5 heteroatoms. The molecule has 0 unspecified atom stereocenters. The molecule has 0 amide bonds. The highest BCUT2D eigenvalue weighted by atomic mass is 16.6. The average Bonchev–Trinajstić information content (AvgIpc) is 2.90. The fourth-order valence-electron chi connectivity index (χ4n) is 3.89. The van der Waals surface area contributed by atoms with Gasteiger partial charge in [-0.25, -0.2) is 0 Å². The summed E-state index contributed by atoms with van der Waals surface area (Å²) < 4.78 is 17.8. The van der Waals surface area contributed by atoms with Crippen LogP contribution in [0.3, 0.4) is 0 Å². The third kappa shape index (κ3) is 4.97. The van der Waals surface area contributed by atoms with Gasteiger partial charge in [-0.2, -0.15) is 0 Å². The fourth-order valence-corrected chi connectivity index (χ4v) is 3.89. The van der Waals surface area contributed by atoms with E-state index < -0.39 is 0 Å². The molecule has 0 aliphatic carbocycles. The molecule has 3 rings (SSSR count). The molecule has 0 N–H and O–H groups in total. The molecule has 1 aromatic rings. The first-order valence-corrected chi connectivity index (χ1v) is 9.81. The minimum absolute atomic E-state index is 0.147. The summed E-state index contributed by atoms with van der Waals surface area (Å²) in [5, 5.41) is 0. The summed E-state index contributed by atoms with van der Waals surface area (Å²) in [6, 6.07) is 8.90. The normalized spacial score (nSPS) is 27.4. The van der Waals surface area contributed by atoms with Crippen LogP contribution >= 0.6 is 0 Å². The van der Waals surface area contributed by atoms with Crippen molar-refractivity contribution in [2.24, 2.45) is 0 Å². The van der Waals surface area contributed by atoms with Crippen LogP contribution in [0.2, 0.25) is 0 Å². The minimum atomic E-state index is -0.147. The van der Waals surface area contributed by atoms with E-state index in [1.807, 2.05) is 12.1 Å². The lowest BCUT2D eigenvalue weighted by atomic mass is 9.99. The predicted molar refractivity (Wildman–Crippen MR) is 104 cm³/mol. The van der Waals surface area contributed by atoms with Crippen LogP contribution in [0.15, 0.2) is 24.3 Å². The fraction of sp³-hybridized carbons (Fsp3) is 0.714. The maximum atomic E-state index is 6.57. The van der Waals surface area contributed by atoms with Gasteiger partial charge in [0.15, 0.2) is 0 Å². The van der Waals surface area contributed by atoms with E-state index in [2.05, 4.69) is 42.8 Å². The van der Waals surface area contributed by atoms with Gasteiger partial charge in [0.05, 0.1) is 26.4 Å². The van der Waals surface area contributed by atoms with Crippen molar-refractivity contribution in [3.8, 4) is 5.75 Å². The molecular weight excluding hydrogens is 328 g/mol. The summed E-state index contributed by atoms with van der Waals surface area (Å²) in [4.78, 5) is 4.85. The number of likely N-dealkylation sites (N-methyl/N-ethyl adjacent to an activating group) is 1. The van der Waals surface area contributed by atoms with Gasteiger partial charge in [0.25, 0.3) is 0 Å². The molecule has 2 aliphatic rings. The molecule has 0 saturated carbocycles. The zero-order chi connectivity index (χ0) is 18.6. The summed E-state index contributed by atoms with van der Waals surface area (Å²) in [6.07, 6.45) is 2.52. The lowest BCUT2D eigenvalue weighted by molar-refractivity contribution is -0.0924. The molecule has 146 valence electrons. The average molecular weight is 363 g/mol. The van der Waals surface area contributed by atoms with Crippen LogP contribution < -0.4 is 4.74 Å². The van der Waals surface area contributed by atoms with E-state index in [1.54, 1.807) is 7.11 Å². The summed E-state index contributed by atoms with van der Waals surface area (Å²) >= 11 is 0. The van der Waals surface area contributed by atoms with Crippen LogP contribution in [0.1, 0.15) is 32.3 Å². The van der Waals surface area contributed by atoms with Gasteiger partial charge in [0.1, 0.15) is 11.4 Å². The van der Waals surface area contributed by atoms with E-state index in [0.717, 1.165) is 51.4 Å². The van der Waals surface area contributed by atoms with Gasteiger partial charge in [-0.05, 0) is 51.4 Å². The Morgan fingerprint density at radius 3 is 2.77 bits per heavy atom. The van der Waals surface area contributed by atoms with E-state index in [9.17, 15) is 0 Å². The summed E-state index contributed by atoms with van der Waals surface area (Å²) in [7, 11) is 3.88. The molecule has 2 atom stereocenters. The molecule has 1 aromatic carbocycles. The Hall–Kier alpha value is -1.14.